The molecule has 4 amide bonds. The summed E-state index contributed by atoms with van der Waals surface area (Å²) in [6, 6.07) is -1.58. The fourth-order valence-electron chi connectivity index (χ4n) is 5.11. The second-order valence-corrected chi connectivity index (χ2v) is 11.2. The molecule has 2 saturated carbocycles. The first-order valence-electron chi connectivity index (χ1n) is 13.7. The second-order valence-electron chi connectivity index (χ2n) is 11.2. The predicted molar refractivity (Wildman–Crippen MR) is 143 cm³/mol. The number of nitrogens with zero attached hydrogens (tertiary/aromatic N) is 3. The zero-order chi connectivity index (χ0) is 30.3. The van der Waals surface area contributed by atoms with E-state index in [-0.39, 0.29) is 41.9 Å². The topological polar surface area (TPSA) is 149 Å². The minimum atomic E-state index is -4.79. The Bertz CT molecular complexity index is 1110. The van der Waals surface area contributed by atoms with E-state index in [1.807, 2.05) is 13.8 Å². The van der Waals surface area contributed by atoms with Gasteiger partial charge in [-0.05, 0) is 75.7 Å². The number of rotatable bonds is 17. The van der Waals surface area contributed by atoms with Crippen LogP contribution in [0.15, 0.2) is 24.2 Å². The molecule has 2 aliphatic carbocycles. The number of nitrogens with one attached hydrogen (secondary N) is 4. The summed E-state index contributed by atoms with van der Waals surface area (Å²) >= 11 is 0. The minimum absolute atomic E-state index is 0.0114. The molecule has 0 radical (unpaired) electrons. The van der Waals surface area contributed by atoms with E-state index in [9.17, 15) is 32.3 Å². The van der Waals surface area contributed by atoms with Crippen LogP contribution < -0.4 is 16.0 Å². The third-order valence-corrected chi connectivity index (χ3v) is 7.43. The van der Waals surface area contributed by atoms with Crippen molar-refractivity contribution in [1.29, 1.82) is 5.41 Å². The lowest BCUT2D eigenvalue weighted by molar-refractivity contribution is -0.188. The summed E-state index contributed by atoms with van der Waals surface area (Å²) in [6.45, 7) is 5.31. The van der Waals surface area contributed by atoms with Crippen molar-refractivity contribution in [2.45, 2.75) is 77.2 Å². The highest BCUT2D eigenvalue weighted by Gasteiger charge is 2.48. The van der Waals surface area contributed by atoms with Crippen LogP contribution in [0.3, 0.4) is 0 Å². The molecule has 3 rings (SSSR count). The van der Waals surface area contributed by atoms with Gasteiger partial charge in [-0.1, -0.05) is 6.92 Å². The molecule has 0 aromatic carbocycles. The van der Waals surface area contributed by atoms with E-state index in [0.717, 1.165) is 31.9 Å². The van der Waals surface area contributed by atoms with Crippen LogP contribution in [-0.4, -0.2) is 70.3 Å². The summed E-state index contributed by atoms with van der Waals surface area (Å²) < 4.78 is 41.6. The van der Waals surface area contributed by atoms with Gasteiger partial charge in [-0.15, -0.1) is 0 Å². The molecule has 0 spiro atoms. The number of alkyl halides is 3. The van der Waals surface area contributed by atoms with Gasteiger partial charge in [0.2, 0.25) is 18.7 Å². The van der Waals surface area contributed by atoms with E-state index >= 15 is 0 Å². The largest absolute Gasteiger partial charge is 0.409 e. The van der Waals surface area contributed by atoms with Gasteiger partial charge in [0.15, 0.2) is 0 Å². The molecular weight excluding hydrogens is 543 g/mol. The molecule has 2 aliphatic rings. The zero-order valence-corrected chi connectivity index (χ0v) is 23.4. The number of aromatic nitrogens is 2. The number of hydrogen-bond donors (Lipinski definition) is 4. The Balaban J connectivity index is 1.68. The summed E-state index contributed by atoms with van der Waals surface area (Å²) in [5.74, 6) is -0.944. The van der Waals surface area contributed by atoms with E-state index in [0.29, 0.717) is 17.5 Å². The maximum Gasteiger partial charge on any atom is 0.409 e. The molecule has 14 heteroatoms. The third-order valence-electron chi connectivity index (χ3n) is 7.43. The molecule has 226 valence electrons. The summed E-state index contributed by atoms with van der Waals surface area (Å²) in [5, 5.41) is 20.3. The Morgan fingerprint density at radius 1 is 1.15 bits per heavy atom. The lowest BCUT2D eigenvalue weighted by Crippen LogP contribution is -2.52. The average Bonchev–Trinajstić information content (AvgIpc) is 3.86. The number of allylic oxidation sites excluding steroid dienone is 1. The van der Waals surface area contributed by atoms with Gasteiger partial charge < -0.3 is 21.4 Å². The molecule has 2 fully saturated rings. The molecule has 1 heterocycles. The highest BCUT2D eigenvalue weighted by atomic mass is 19.4. The Morgan fingerprint density at radius 3 is 2.24 bits per heavy atom. The van der Waals surface area contributed by atoms with Crippen LogP contribution in [-0.2, 0) is 14.4 Å². The van der Waals surface area contributed by atoms with E-state index in [2.05, 4.69) is 21.0 Å². The fraction of sp³-hybridized carbons (Fsp3) is 0.630. The van der Waals surface area contributed by atoms with Crippen molar-refractivity contribution in [2.24, 2.45) is 23.7 Å². The standard InChI is InChI=1S/C27H38F3N7O4/c1-16(2)37-21(8-9-33-37)25(40)35-24(23(18-4-5-18)19-6-7-19)26(41)34-20(11-31)13-32-12-17(3)10-22(27(28,29)30)36(14-38)15-39/h8-9,11,13-19,22-24,31-32H,4-7,10,12H2,1-3H3,(H,34,41)(H,35,40)/b20-13+,31-11?. The van der Waals surface area contributed by atoms with Crippen molar-refractivity contribution in [3.8, 4) is 0 Å². The summed E-state index contributed by atoms with van der Waals surface area (Å²) in [6.07, 6.45) is 1.99. The van der Waals surface area contributed by atoms with Crippen molar-refractivity contribution < 1.29 is 32.3 Å². The first-order valence-corrected chi connectivity index (χ1v) is 13.7. The van der Waals surface area contributed by atoms with E-state index in [1.165, 1.54) is 19.3 Å². The van der Waals surface area contributed by atoms with Crippen molar-refractivity contribution in [3.05, 3.63) is 29.9 Å². The Morgan fingerprint density at radius 2 is 1.76 bits per heavy atom. The van der Waals surface area contributed by atoms with Gasteiger partial charge in [0, 0.05) is 31.2 Å². The van der Waals surface area contributed by atoms with Crippen molar-refractivity contribution >= 4 is 30.8 Å². The molecule has 3 unspecified atom stereocenters. The third kappa shape index (κ3) is 8.64. The maximum absolute atomic E-state index is 13.5. The summed E-state index contributed by atoms with van der Waals surface area (Å²) in [5.41, 5.74) is 0.398. The summed E-state index contributed by atoms with van der Waals surface area (Å²) in [7, 11) is 0. The Labute approximate surface area is 236 Å². The lowest BCUT2D eigenvalue weighted by Gasteiger charge is -2.28. The first-order chi connectivity index (χ1) is 19.4. The van der Waals surface area contributed by atoms with Crippen LogP contribution >= 0.6 is 0 Å². The van der Waals surface area contributed by atoms with Crippen LogP contribution in [0.1, 0.15) is 69.4 Å². The highest BCUT2D eigenvalue weighted by molar-refractivity contribution is 5.98. The van der Waals surface area contributed by atoms with Gasteiger partial charge in [0.05, 0.1) is 5.70 Å². The van der Waals surface area contributed by atoms with Gasteiger partial charge in [-0.25, -0.2) is 0 Å². The number of carbonyl (C=O) groups excluding carboxylic acids is 4. The van der Waals surface area contributed by atoms with Crippen LogP contribution in [0, 0.1) is 29.1 Å². The lowest BCUT2D eigenvalue weighted by atomic mass is 9.88. The van der Waals surface area contributed by atoms with E-state index in [1.54, 1.807) is 10.7 Å². The second kappa shape index (κ2) is 13.8. The first kappa shape index (κ1) is 31.8. The fourth-order valence-corrected chi connectivity index (χ4v) is 5.11. The van der Waals surface area contributed by atoms with Crippen molar-refractivity contribution in [1.82, 2.24) is 30.6 Å². The predicted octanol–water partition coefficient (Wildman–Crippen LogP) is 2.77. The molecule has 11 nitrogen and oxygen atoms in total. The monoisotopic (exact) mass is 581 g/mol. The number of hydrogen-bond acceptors (Lipinski definition) is 7. The Hall–Kier alpha value is -3.71. The van der Waals surface area contributed by atoms with Gasteiger partial charge in [0.25, 0.3) is 5.91 Å². The normalized spacial score (nSPS) is 17.9. The number of imide groups is 1. The Kier molecular flexibility index (Phi) is 10.7. The van der Waals surface area contributed by atoms with Crippen LogP contribution in [0.2, 0.25) is 0 Å². The number of amides is 4. The van der Waals surface area contributed by atoms with Crippen molar-refractivity contribution in [3.63, 3.8) is 0 Å². The van der Waals surface area contributed by atoms with Crippen LogP contribution in [0.25, 0.3) is 0 Å². The van der Waals surface area contributed by atoms with Crippen molar-refractivity contribution in [2.75, 3.05) is 6.54 Å². The molecule has 3 atom stereocenters. The number of halogens is 3. The molecule has 0 aliphatic heterocycles. The SMILES string of the molecule is CC(CN/C=C(\C=N)NC(=O)C(NC(=O)c1ccnn1C(C)C)C(C1CC1)C1CC1)CC(N(C=O)C=O)C(F)(F)F. The zero-order valence-electron chi connectivity index (χ0n) is 23.4. The highest BCUT2D eigenvalue weighted by Crippen LogP contribution is 2.50. The van der Waals surface area contributed by atoms with Gasteiger partial charge in [-0.2, -0.15) is 18.3 Å². The quantitative estimate of drug-likeness (QED) is 0.164. The minimum Gasteiger partial charge on any atom is -0.389 e. The molecule has 0 bridgehead atoms. The summed E-state index contributed by atoms with van der Waals surface area (Å²) in [4.78, 5) is 48.6. The molecule has 1 aromatic heterocycles. The van der Waals surface area contributed by atoms with Gasteiger partial charge in [0.1, 0.15) is 17.8 Å². The smallest absolute Gasteiger partial charge is 0.389 e. The molecule has 1 aromatic rings. The van der Waals surface area contributed by atoms with E-state index < -0.39 is 42.4 Å². The molecular formula is C27H38F3N7O4. The molecule has 4 N–H and O–H groups in total. The number of carbonyl (C=O) groups is 4. The van der Waals surface area contributed by atoms with E-state index in [4.69, 9.17) is 5.41 Å². The maximum atomic E-state index is 13.5. The van der Waals surface area contributed by atoms with Crippen LogP contribution in [0.5, 0.6) is 0 Å². The molecule has 0 saturated heterocycles. The van der Waals surface area contributed by atoms with Gasteiger partial charge in [-0.3, -0.25) is 28.8 Å². The van der Waals surface area contributed by atoms with Crippen LogP contribution in [0.4, 0.5) is 13.2 Å². The van der Waals surface area contributed by atoms with Gasteiger partial charge >= 0.3 is 6.18 Å². The average molecular weight is 582 g/mol. The molecule has 41 heavy (non-hydrogen) atoms.